The fourth-order valence-corrected chi connectivity index (χ4v) is 4.05. The number of benzene rings is 2. The van der Waals surface area contributed by atoms with Crippen LogP contribution in [0.1, 0.15) is 28.9 Å². The van der Waals surface area contributed by atoms with E-state index in [9.17, 15) is 14.0 Å². The summed E-state index contributed by atoms with van der Waals surface area (Å²) in [4.78, 5) is 27.1. The molecule has 2 aromatic rings. The monoisotopic (exact) mass is 492 g/mol. The van der Waals surface area contributed by atoms with Gasteiger partial charge >= 0.3 is 11.9 Å². The number of nitrogens with one attached hydrogen (secondary N) is 1. The molecular formula is C23H22ClFN2O5S. The molecule has 10 heteroatoms. The molecule has 174 valence electrons. The highest BCUT2D eigenvalue weighted by molar-refractivity contribution is 7.80. The van der Waals surface area contributed by atoms with E-state index in [1.165, 1.54) is 32.4 Å². The molecule has 0 radical (unpaired) electrons. The third kappa shape index (κ3) is 5.16. The van der Waals surface area contributed by atoms with Crippen molar-refractivity contribution in [3.8, 4) is 0 Å². The zero-order chi connectivity index (χ0) is 24.1. The highest BCUT2D eigenvalue weighted by atomic mass is 35.5. The predicted octanol–water partition coefficient (Wildman–Crippen LogP) is 4.17. The molecule has 0 aromatic heterocycles. The van der Waals surface area contributed by atoms with Gasteiger partial charge in [-0.2, -0.15) is 0 Å². The van der Waals surface area contributed by atoms with E-state index in [-0.39, 0.29) is 34.5 Å². The van der Waals surface area contributed by atoms with Crippen LogP contribution in [0, 0.1) is 5.82 Å². The maximum Gasteiger partial charge on any atom is 0.338 e. The molecule has 1 aliphatic heterocycles. The highest BCUT2D eigenvalue weighted by Gasteiger charge is 2.37. The number of esters is 2. The lowest BCUT2D eigenvalue weighted by atomic mass is 9.91. The van der Waals surface area contributed by atoms with Gasteiger partial charge in [0.2, 0.25) is 0 Å². The van der Waals surface area contributed by atoms with E-state index in [2.05, 4.69) is 5.32 Å². The van der Waals surface area contributed by atoms with Crippen LogP contribution in [0.2, 0.25) is 5.02 Å². The van der Waals surface area contributed by atoms with Gasteiger partial charge in [0.05, 0.1) is 35.9 Å². The fraction of sp³-hybridized carbons (Fsp3) is 0.261. The number of allylic oxidation sites excluding steroid dienone is 1. The van der Waals surface area contributed by atoms with Gasteiger partial charge in [0.15, 0.2) is 5.11 Å². The number of thiocarbonyl (C=S) groups is 1. The van der Waals surface area contributed by atoms with Crippen LogP contribution in [0.4, 0.5) is 10.1 Å². The lowest BCUT2D eigenvalue weighted by Crippen LogP contribution is -2.48. The molecule has 0 spiro atoms. The van der Waals surface area contributed by atoms with Crippen molar-refractivity contribution in [3.63, 3.8) is 0 Å². The topological polar surface area (TPSA) is 77.1 Å². The summed E-state index contributed by atoms with van der Waals surface area (Å²) in [6, 6.07) is 10.0. The minimum Gasteiger partial charge on any atom is -0.465 e. The summed E-state index contributed by atoms with van der Waals surface area (Å²) in [5, 5.41) is 3.25. The molecule has 0 saturated carbocycles. The molecule has 0 saturated heterocycles. The molecule has 1 atom stereocenters. The molecule has 2 aromatic carbocycles. The standard InChI is InChI=1S/C23H22ClFN2O5S/c1-13-19(22(29)32-11-10-30-2)20(15-6-4-5-7-16(15)21(28)31-3)26-23(33)27(13)14-8-9-18(25)17(24)12-14/h4-9,12,20H,10-11H2,1-3H3,(H,26,33). The Balaban J connectivity index is 2.16. The predicted molar refractivity (Wildman–Crippen MR) is 126 cm³/mol. The van der Waals surface area contributed by atoms with Gasteiger partial charge in [0.25, 0.3) is 0 Å². The number of hydrogen-bond acceptors (Lipinski definition) is 6. The van der Waals surface area contributed by atoms with Crippen molar-refractivity contribution in [2.45, 2.75) is 13.0 Å². The SMILES string of the molecule is COCCOC(=O)C1=C(C)N(c2ccc(F)c(Cl)c2)C(=S)NC1c1ccccc1C(=O)OC. The summed E-state index contributed by atoms with van der Waals surface area (Å²) in [6.07, 6.45) is 0. The molecule has 1 unspecified atom stereocenters. The smallest absolute Gasteiger partial charge is 0.338 e. The largest absolute Gasteiger partial charge is 0.465 e. The number of halogens is 2. The number of nitrogens with zero attached hydrogens (tertiary/aromatic N) is 1. The Kier molecular flexibility index (Phi) is 8.01. The first-order chi connectivity index (χ1) is 15.8. The molecule has 0 aliphatic carbocycles. The molecular weight excluding hydrogens is 471 g/mol. The molecule has 33 heavy (non-hydrogen) atoms. The average Bonchev–Trinajstić information content (AvgIpc) is 2.80. The number of methoxy groups -OCH3 is 2. The summed E-state index contributed by atoms with van der Waals surface area (Å²) < 4.78 is 29.0. The lowest BCUT2D eigenvalue weighted by Gasteiger charge is -2.38. The second kappa shape index (κ2) is 10.7. The lowest BCUT2D eigenvalue weighted by molar-refractivity contribution is -0.140. The molecule has 0 bridgehead atoms. The van der Waals surface area contributed by atoms with Crippen LogP contribution in [-0.4, -0.2) is 44.5 Å². The van der Waals surface area contributed by atoms with E-state index in [0.29, 0.717) is 16.9 Å². The van der Waals surface area contributed by atoms with Crippen LogP contribution >= 0.6 is 23.8 Å². The van der Waals surface area contributed by atoms with E-state index in [1.807, 2.05) is 0 Å². The summed E-state index contributed by atoms with van der Waals surface area (Å²) in [6.45, 7) is 1.93. The Morgan fingerprint density at radius 1 is 1.15 bits per heavy atom. The van der Waals surface area contributed by atoms with Crippen molar-refractivity contribution < 1.29 is 28.2 Å². The van der Waals surface area contributed by atoms with Gasteiger partial charge in [-0.15, -0.1) is 0 Å². The molecule has 7 nitrogen and oxygen atoms in total. The maximum atomic E-state index is 13.7. The number of anilines is 1. The minimum atomic E-state index is -0.796. The van der Waals surface area contributed by atoms with Crippen molar-refractivity contribution in [1.29, 1.82) is 0 Å². The molecule has 0 fully saturated rings. The van der Waals surface area contributed by atoms with Gasteiger partial charge < -0.3 is 19.5 Å². The molecule has 1 heterocycles. The number of rotatable bonds is 7. The van der Waals surface area contributed by atoms with Crippen LogP contribution in [0.3, 0.4) is 0 Å². The molecule has 3 rings (SSSR count). The Labute approximate surface area is 201 Å². The first kappa shape index (κ1) is 24.6. The first-order valence-electron chi connectivity index (χ1n) is 9.89. The van der Waals surface area contributed by atoms with Gasteiger partial charge in [0.1, 0.15) is 12.4 Å². The van der Waals surface area contributed by atoms with Crippen molar-refractivity contribution in [2.24, 2.45) is 0 Å². The highest BCUT2D eigenvalue weighted by Crippen LogP contribution is 2.36. The minimum absolute atomic E-state index is 0.0320. The van der Waals surface area contributed by atoms with E-state index < -0.39 is 23.8 Å². The van der Waals surface area contributed by atoms with Crippen LogP contribution in [0.5, 0.6) is 0 Å². The van der Waals surface area contributed by atoms with Gasteiger partial charge in [0, 0.05) is 18.5 Å². The van der Waals surface area contributed by atoms with E-state index in [4.69, 9.17) is 38.0 Å². The van der Waals surface area contributed by atoms with Crippen LogP contribution in [0.25, 0.3) is 0 Å². The van der Waals surface area contributed by atoms with Crippen molar-refractivity contribution >= 4 is 46.6 Å². The number of carbonyl (C=O) groups excluding carboxylic acids is 2. The van der Waals surface area contributed by atoms with Crippen LogP contribution < -0.4 is 10.2 Å². The second-order valence-electron chi connectivity index (χ2n) is 7.02. The fourth-order valence-electron chi connectivity index (χ4n) is 3.52. The van der Waals surface area contributed by atoms with Crippen LogP contribution in [0.15, 0.2) is 53.7 Å². The van der Waals surface area contributed by atoms with Crippen LogP contribution in [-0.2, 0) is 19.0 Å². The maximum absolute atomic E-state index is 13.7. The summed E-state index contributed by atoms with van der Waals surface area (Å²) in [5.41, 5.74) is 1.87. The van der Waals surface area contributed by atoms with Gasteiger partial charge in [-0.3, -0.25) is 4.90 Å². The Bertz CT molecular complexity index is 1120. The normalized spacial score (nSPS) is 15.8. The summed E-state index contributed by atoms with van der Waals surface area (Å²) >= 11 is 11.5. The van der Waals surface area contributed by atoms with E-state index in [0.717, 1.165) is 0 Å². The van der Waals surface area contributed by atoms with E-state index in [1.54, 1.807) is 36.1 Å². The van der Waals surface area contributed by atoms with Gasteiger partial charge in [-0.05, 0) is 49.0 Å². The average molecular weight is 493 g/mol. The van der Waals surface area contributed by atoms with E-state index >= 15 is 0 Å². The Morgan fingerprint density at radius 2 is 1.88 bits per heavy atom. The zero-order valence-corrected chi connectivity index (χ0v) is 19.8. The molecule has 1 N–H and O–H groups in total. The van der Waals surface area contributed by atoms with Crippen molar-refractivity contribution in [2.75, 3.05) is 32.3 Å². The van der Waals surface area contributed by atoms with Crippen molar-refractivity contribution in [1.82, 2.24) is 5.32 Å². The first-order valence-corrected chi connectivity index (χ1v) is 10.7. The third-order valence-electron chi connectivity index (χ3n) is 5.06. The number of hydrogen-bond donors (Lipinski definition) is 1. The Morgan fingerprint density at radius 3 is 2.55 bits per heavy atom. The second-order valence-corrected chi connectivity index (χ2v) is 7.82. The summed E-state index contributed by atoms with van der Waals surface area (Å²) in [5.74, 6) is -1.76. The number of carbonyl (C=O) groups is 2. The number of ether oxygens (including phenoxy) is 3. The van der Waals surface area contributed by atoms with Gasteiger partial charge in [-0.25, -0.2) is 14.0 Å². The quantitative estimate of drug-likeness (QED) is 0.351. The summed E-state index contributed by atoms with van der Waals surface area (Å²) in [7, 11) is 2.77. The van der Waals surface area contributed by atoms with Crippen molar-refractivity contribution in [3.05, 3.63) is 75.7 Å². The zero-order valence-electron chi connectivity index (χ0n) is 18.2. The molecule has 0 amide bonds. The third-order valence-corrected chi connectivity index (χ3v) is 5.65. The Hall–Kier alpha value is -3.01. The molecule has 1 aliphatic rings. The van der Waals surface area contributed by atoms with Gasteiger partial charge in [-0.1, -0.05) is 29.8 Å².